The van der Waals surface area contributed by atoms with Crippen LogP contribution in [0.1, 0.15) is 135 Å². The minimum atomic E-state index is -1.85. The molecule has 1 saturated heterocycles. The molecule has 1 atom stereocenters. The van der Waals surface area contributed by atoms with Crippen LogP contribution in [0.4, 0.5) is 0 Å². The average Bonchev–Trinajstić information content (AvgIpc) is 3.19. The Kier molecular flexibility index (Phi) is 16.7. The van der Waals surface area contributed by atoms with Crippen molar-refractivity contribution in [3.63, 3.8) is 0 Å². The summed E-state index contributed by atoms with van der Waals surface area (Å²) < 4.78 is 0. The highest BCUT2D eigenvalue weighted by atomic mass is 16.7. The van der Waals surface area contributed by atoms with E-state index in [1.807, 2.05) is 0 Å². The number of aliphatic carboxylic acids is 3. The highest BCUT2D eigenvalue weighted by Gasteiger charge is 2.49. The lowest BCUT2D eigenvalue weighted by atomic mass is 9.77. The van der Waals surface area contributed by atoms with E-state index >= 15 is 0 Å². The molecular formula is C28H45NO10. The van der Waals surface area contributed by atoms with Crippen molar-refractivity contribution in [1.29, 1.82) is 0 Å². The van der Waals surface area contributed by atoms with Gasteiger partial charge in [0.25, 0.3) is 11.8 Å². The molecule has 1 fully saturated rings. The van der Waals surface area contributed by atoms with Gasteiger partial charge >= 0.3 is 23.9 Å². The van der Waals surface area contributed by atoms with Crippen LogP contribution in [0.25, 0.3) is 0 Å². The number of rotatable bonds is 24. The van der Waals surface area contributed by atoms with Crippen LogP contribution >= 0.6 is 0 Å². The molecule has 0 saturated carbocycles. The third kappa shape index (κ3) is 13.6. The van der Waals surface area contributed by atoms with Gasteiger partial charge in [0.05, 0.1) is 0 Å². The Morgan fingerprint density at radius 1 is 0.590 bits per heavy atom. The molecule has 1 aliphatic heterocycles. The zero-order valence-electron chi connectivity index (χ0n) is 23.0. The van der Waals surface area contributed by atoms with Gasteiger partial charge in [0.2, 0.25) is 0 Å². The van der Waals surface area contributed by atoms with E-state index < -0.39 is 41.1 Å². The van der Waals surface area contributed by atoms with Crippen molar-refractivity contribution in [2.45, 2.75) is 135 Å². The van der Waals surface area contributed by atoms with Crippen molar-refractivity contribution < 1.29 is 48.9 Å². The molecule has 0 spiro atoms. The van der Waals surface area contributed by atoms with Crippen LogP contribution in [-0.4, -0.2) is 56.1 Å². The third-order valence-electron chi connectivity index (χ3n) is 7.22. The normalized spacial score (nSPS) is 14.8. The minimum absolute atomic E-state index is 0.0416. The van der Waals surface area contributed by atoms with Crippen LogP contribution in [0.3, 0.4) is 0 Å². The number of unbranched alkanes of at least 4 members (excludes halogenated alkanes) is 13. The number of amides is 2. The van der Waals surface area contributed by atoms with Crippen LogP contribution in [0.2, 0.25) is 0 Å². The van der Waals surface area contributed by atoms with Gasteiger partial charge in [0, 0.05) is 25.7 Å². The Balaban J connectivity index is 2.58. The van der Waals surface area contributed by atoms with E-state index in [0.29, 0.717) is 37.2 Å². The predicted molar refractivity (Wildman–Crippen MR) is 140 cm³/mol. The maximum atomic E-state index is 13.1. The van der Waals surface area contributed by atoms with E-state index in [2.05, 4.69) is 0 Å². The van der Waals surface area contributed by atoms with Crippen LogP contribution in [0.15, 0.2) is 0 Å². The number of carboxylic acid groups (broad SMARTS) is 3. The molecule has 0 radical (unpaired) electrons. The zero-order valence-corrected chi connectivity index (χ0v) is 23.0. The molecule has 3 N–H and O–H groups in total. The van der Waals surface area contributed by atoms with Crippen LogP contribution < -0.4 is 0 Å². The number of imide groups is 1. The molecule has 39 heavy (non-hydrogen) atoms. The summed E-state index contributed by atoms with van der Waals surface area (Å²) in [5, 5.41) is 27.9. The summed E-state index contributed by atoms with van der Waals surface area (Å²) in [7, 11) is 0. The van der Waals surface area contributed by atoms with Crippen molar-refractivity contribution in [3.05, 3.63) is 0 Å². The number of hydrogen-bond acceptors (Lipinski definition) is 7. The molecule has 11 heteroatoms. The number of hydroxylamine groups is 2. The summed E-state index contributed by atoms with van der Waals surface area (Å²) in [4.78, 5) is 75.6. The first-order valence-corrected chi connectivity index (χ1v) is 14.4. The largest absolute Gasteiger partial charge is 0.481 e. The maximum Gasteiger partial charge on any atom is 0.350 e. The monoisotopic (exact) mass is 555 g/mol. The third-order valence-corrected chi connectivity index (χ3v) is 7.22. The Morgan fingerprint density at radius 2 is 0.923 bits per heavy atom. The number of carbonyl (C=O) groups excluding carboxylic acids is 3. The minimum Gasteiger partial charge on any atom is -0.481 e. The number of carboxylic acids is 3. The average molecular weight is 556 g/mol. The van der Waals surface area contributed by atoms with Gasteiger partial charge in [0.1, 0.15) is 0 Å². The molecule has 11 nitrogen and oxygen atoms in total. The Labute approximate surface area is 230 Å². The van der Waals surface area contributed by atoms with Crippen molar-refractivity contribution in [2.24, 2.45) is 5.41 Å². The Morgan fingerprint density at radius 3 is 1.26 bits per heavy atom. The molecule has 1 heterocycles. The Hall–Kier alpha value is -2.98. The summed E-state index contributed by atoms with van der Waals surface area (Å²) in [6.45, 7) is 0. The van der Waals surface area contributed by atoms with Crippen molar-refractivity contribution in [1.82, 2.24) is 5.06 Å². The van der Waals surface area contributed by atoms with Crippen molar-refractivity contribution in [2.75, 3.05) is 0 Å². The van der Waals surface area contributed by atoms with E-state index in [1.54, 1.807) is 0 Å². The molecule has 1 aliphatic rings. The lowest BCUT2D eigenvalue weighted by Crippen LogP contribution is -2.45. The zero-order chi connectivity index (χ0) is 29.1. The first-order valence-electron chi connectivity index (χ1n) is 14.4. The highest BCUT2D eigenvalue weighted by molar-refractivity contribution is 6.04. The summed E-state index contributed by atoms with van der Waals surface area (Å²) in [5.74, 6) is -5.30. The van der Waals surface area contributed by atoms with Crippen LogP contribution in [0, 0.1) is 5.41 Å². The van der Waals surface area contributed by atoms with Crippen molar-refractivity contribution >= 4 is 35.7 Å². The van der Waals surface area contributed by atoms with Gasteiger partial charge in [-0.05, 0) is 25.7 Å². The summed E-state index contributed by atoms with van der Waals surface area (Å²) >= 11 is 0. The molecule has 0 aromatic heterocycles. The highest BCUT2D eigenvalue weighted by Crippen LogP contribution is 2.35. The van der Waals surface area contributed by atoms with Gasteiger partial charge in [-0.2, -0.15) is 0 Å². The van der Waals surface area contributed by atoms with E-state index in [9.17, 15) is 33.9 Å². The van der Waals surface area contributed by atoms with E-state index in [4.69, 9.17) is 15.1 Å². The fourth-order valence-corrected chi connectivity index (χ4v) is 4.81. The summed E-state index contributed by atoms with van der Waals surface area (Å²) in [6, 6.07) is 0. The quantitative estimate of drug-likeness (QED) is 0.0810. The number of hydrogen-bond donors (Lipinski definition) is 3. The number of nitrogens with zero attached hydrogens (tertiary/aromatic N) is 1. The van der Waals surface area contributed by atoms with Gasteiger partial charge in [-0.15, -0.1) is 5.06 Å². The first kappa shape index (κ1) is 34.0. The molecule has 1 rings (SSSR count). The second-order valence-electron chi connectivity index (χ2n) is 10.4. The molecule has 1 unspecified atom stereocenters. The molecule has 222 valence electrons. The molecule has 0 aromatic carbocycles. The van der Waals surface area contributed by atoms with E-state index in [1.165, 1.54) is 0 Å². The molecule has 0 aromatic rings. The van der Waals surface area contributed by atoms with E-state index in [0.717, 1.165) is 64.2 Å². The van der Waals surface area contributed by atoms with Crippen LogP contribution in [-0.2, 0) is 33.6 Å². The van der Waals surface area contributed by atoms with Gasteiger partial charge < -0.3 is 20.2 Å². The lowest BCUT2D eigenvalue weighted by Gasteiger charge is -2.28. The topological polar surface area (TPSA) is 176 Å². The Bertz CT molecular complexity index is 811. The molecule has 0 bridgehead atoms. The second-order valence-corrected chi connectivity index (χ2v) is 10.4. The van der Waals surface area contributed by atoms with Gasteiger partial charge in [-0.3, -0.25) is 24.0 Å². The lowest BCUT2D eigenvalue weighted by molar-refractivity contribution is -0.208. The van der Waals surface area contributed by atoms with Gasteiger partial charge in [0.15, 0.2) is 5.41 Å². The molecule has 0 aliphatic carbocycles. The number of carbonyl (C=O) groups is 6. The van der Waals surface area contributed by atoms with E-state index in [-0.39, 0.29) is 38.5 Å². The first-order chi connectivity index (χ1) is 18.6. The van der Waals surface area contributed by atoms with Crippen LogP contribution in [0.5, 0.6) is 0 Å². The summed E-state index contributed by atoms with van der Waals surface area (Å²) in [6.07, 6.45) is 11.9. The molecular weight excluding hydrogens is 510 g/mol. The maximum absolute atomic E-state index is 13.1. The fraction of sp³-hybridized carbons (Fsp3) is 0.786. The summed E-state index contributed by atoms with van der Waals surface area (Å²) in [5.41, 5.74) is -1.85. The predicted octanol–water partition coefficient (Wildman–Crippen LogP) is 5.25. The SMILES string of the molecule is O=C(O)CCCCCCCCCCC(CCCCCCCCCC(=O)O)(C(=O)O)C(=O)ON1C(=O)CCC1=O. The van der Waals surface area contributed by atoms with Crippen molar-refractivity contribution in [3.8, 4) is 0 Å². The van der Waals surface area contributed by atoms with Gasteiger partial charge in [-0.25, -0.2) is 4.79 Å². The van der Waals surface area contributed by atoms with Gasteiger partial charge in [-0.1, -0.05) is 83.5 Å². The molecule has 2 amide bonds. The second kappa shape index (κ2) is 19.1. The fourth-order valence-electron chi connectivity index (χ4n) is 4.81. The smallest absolute Gasteiger partial charge is 0.350 e. The standard InChI is InChI=1S/C28H45NO10/c30-22-18-19-23(31)29(22)39-27(38)28(26(36)37,21-15-11-7-3-5-9-13-17-25(34)35)20-14-10-6-2-1-4-8-12-16-24(32)33/h1-21H2,(H,32,33)(H,34,35)(H,36,37).